The summed E-state index contributed by atoms with van der Waals surface area (Å²) in [5.41, 5.74) is -0.334. The third kappa shape index (κ3) is 4.01. The number of alkyl halides is 1. The van der Waals surface area contributed by atoms with Crippen LogP contribution in [0.3, 0.4) is 0 Å². The lowest BCUT2D eigenvalue weighted by atomic mass is 9.94. The molecule has 0 aromatic heterocycles. The highest BCUT2D eigenvalue weighted by Gasteiger charge is 2.41. The first kappa shape index (κ1) is 19.8. The zero-order chi connectivity index (χ0) is 19.4. The zero-order valence-electron chi connectivity index (χ0n) is 13.7. The van der Waals surface area contributed by atoms with Crippen molar-refractivity contribution in [1.82, 2.24) is 15.5 Å². The molecule has 1 aromatic carbocycles. The Kier molecular flexibility index (Phi) is 6.30. The van der Waals surface area contributed by atoms with Gasteiger partial charge < -0.3 is 15.7 Å². The second kappa shape index (κ2) is 8.26. The normalized spacial score (nSPS) is 17.2. The van der Waals surface area contributed by atoms with Crippen molar-refractivity contribution < 1.29 is 28.3 Å². The zero-order valence-corrected chi connectivity index (χ0v) is 15.3. The number of carbonyl (C=O) groups excluding carboxylic acids is 2. The van der Waals surface area contributed by atoms with E-state index in [0.29, 0.717) is 16.7 Å². The molecule has 0 bridgehead atoms. The first-order valence-corrected chi connectivity index (χ1v) is 8.73. The van der Waals surface area contributed by atoms with Crippen molar-refractivity contribution in [1.29, 1.82) is 0 Å². The summed E-state index contributed by atoms with van der Waals surface area (Å²) in [4.78, 5) is 37.1. The summed E-state index contributed by atoms with van der Waals surface area (Å²) in [5.74, 6) is -3.73. The van der Waals surface area contributed by atoms with Crippen molar-refractivity contribution in [3.63, 3.8) is 0 Å². The van der Waals surface area contributed by atoms with E-state index in [1.165, 1.54) is 6.92 Å². The molecule has 3 N–H and O–H groups in total. The van der Waals surface area contributed by atoms with Crippen LogP contribution in [0.4, 0.5) is 18.4 Å². The van der Waals surface area contributed by atoms with Gasteiger partial charge in [0.05, 0.1) is 5.57 Å². The average molecular weight is 432 g/mol. The summed E-state index contributed by atoms with van der Waals surface area (Å²) in [6.07, 6.45) is 0.581. The van der Waals surface area contributed by atoms with E-state index in [9.17, 15) is 28.3 Å². The number of hydrogen-bond acceptors (Lipinski definition) is 3. The molecule has 1 unspecified atom stereocenters. The lowest BCUT2D eigenvalue weighted by molar-refractivity contribution is -0.133. The van der Waals surface area contributed by atoms with Gasteiger partial charge in [-0.1, -0.05) is 22.0 Å². The summed E-state index contributed by atoms with van der Waals surface area (Å²) in [5, 5.41) is 14.9. The van der Waals surface area contributed by atoms with Gasteiger partial charge in [-0.05, 0) is 31.0 Å². The fraction of sp³-hybridized carbons (Fsp3) is 0.312. The molecular weight excluding hydrogens is 416 g/mol. The smallest absolute Gasteiger partial charge is 0.335 e. The predicted octanol–water partition coefficient (Wildman–Crippen LogP) is 2.88. The summed E-state index contributed by atoms with van der Waals surface area (Å²) in [6, 6.07) is -0.389. The van der Waals surface area contributed by atoms with E-state index in [1.807, 2.05) is 0 Å². The maximum absolute atomic E-state index is 13.7. The van der Waals surface area contributed by atoms with E-state index in [4.69, 9.17) is 0 Å². The van der Waals surface area contributed by atoms with Gasteiger partial charge in [0.25, 0.3) is 0 Å². The molecule has 0 aliphatic carbocycles. The van der Waals surface area contributed by atoms with E-state index in [0.717, 1.165) is 18.2 Å². The average Bonchev–Trinajstić information content (AvgIpc) is 2.56. The summed E-state index contributed by atoms with van der Waals surface area (Å²) in [7, 11) is 0. The van der Waals surface area contributed by atoms with Gasteiger partial charge in [-0.3, -0.25) is 0 Å². The van der Waals surface area contributed by atoms with Crippen LogP contribution in [0.5, 0.6) is 0 Å². The number of urea groups is 2. The summed E-state index contributed by atoms with van der Waals surface area (Å²) in [6.45, 7) is 1.60. The molecule has 4 amide bonds. The van der Waals surface area contributed by atoms with Crippen LogP contribution in [-0.4, -0.2) is 39.9 Å². The van der Waals surface area contributed by atoms with Crippen LogP contribution in [0.15, 0.2) is 29.5 Å². The van der Waals surface area contributed by atoms with Gasteiger partial charge in [-0.25, -0.2) is 28.1 Å². The summed E-state index contributed by atoms with van der Waals surface area (Å²) >= 11 is 3.20. The van der Waals surface area contributed by atoms with E-state index >= 15 is 0 Å². The molecule has 26 heavy (non-hydrogen) atoms. The van der Waals surface area contributed by atoms with E-state index in [-0.39, 0.29) is 23.4 Å². The molecule has 1 aromatic rings. The Labute approximate surface area is 156 Å². The van der Waals surface area contributed by atoms with Crippen LogP contribution < -0.4 is 10.6 Å². The maximum atomic E-state index is 13.7. The second-order valence-corrected chi connectivity index (χ2v) is 6.29. The number of allylic oxidation sites excluding steroid dienone is 1. The molecule has 1 heterocycles. The number of nitrogens with one attached hydrogen (secondary N) is 2. The molecule has 0 saturated carbocycles. The number of rotatable bonds is 5. The number of carboxylic acid groups (broad SMARTS) is 1. The van der Waals surface area contributed by atoms with Gasteiger partial charge in [0, 0.05) is 17.6 Å². The molecule has 7 nitrogen and oxygen atoms in total. The van der Waals surface area contributed by atoms with Crippen LogP contribution >= 0.6 is 15.9 Å². The van der Waals surface area contributed by atoms with E-state index in [2.05, 4.69) is 26.6 Å². The molecule has 0 saturated heterocycles. The predicted molar refractivity (Wildman–Crippen MR) is 91.6 cm³/mol. The van der Waals surface area contributed by atoms with Crippen LogP contribution in [0.1, 0.15) is 24.9 Å². The number of benzene rings is 1. The molecule has 2 rings (SSSR count). The molecule has 0 fully saturated rings. The van der Waals surface area contributed by atoms with E-state index < -0.39 is 35.7 Å². The van der Waals surface area contributed by atoms with Gasteiger partial charge in [0.15, 0.2) is 11.6 Å². The standard InChI is InChI=1S/C16H16BrF2N3O4/c1-8-12(14(23)24)13(9-3-4-10(18)11(19)7-9)22(16(26)21-8)15(25)20-6-2-5-17/h3-4,7,13H,2,5-6H2,1H3,(H,20,25)(H,21,26)(H,23,24). The Morgan fingerprint density at radius 1 is 1.35 bits per heavy atom. The third-order valence-corrected chi connectivity index (χ3v) is 4.30. The van der Waals surface area contributed by atoms with Crippen molar-refractivity contribution in [3.05, 3.63) is 46.7 Å². The Morgan fingerprint density at radius 3 is 2.62 bits per heavy atom. The number of imide groups is 1. The Morgan fingerprint density at radius 2 is 2.04 bits per heavy atom. The highest BCUT2D eigenvalue weighted by molar-refractivity contribution is 9.09. The van der Waals surface area contributed by atoms with Gasteiger partial charge in [-0.2, -0.15) is 0 Å². The quantitative estimate of drug-likeness (QED) is 0.492. The van der Waals surface area contributed by atoms with Crippen molar-refractivity contribution in [3.8, 4) is 0 Å². The largest absolute Gasteiger partial charge is 0.478 e. The fourth-order valence-corrected chi connectivity index (χ4v) is 2.85. The van der Waals surface area contributed by atoms with Crippen LogP contribution in [-0.2, 0) is 4.79 Å². The van der Waals surface area contributed by atoms with Crippen molar-refractivity contribution >= 4 is 34.0 Å². The van der Waals surface area contributed by atoms with Crippen molar-refractivity contribution in [2.45, 2.75) is 19.4 Å². The Hall–Kier alpha value is -2.49. The molecular formula is C16H16BrF2N3O4. The minimum Gasteiger partial charge on any atom is -0.478 e. The molecule has 1 aliphatic rings. The van der Waals surface area contributed by atoms with Gasteiger partial charge in [0.2, 0.25) is 0 Å². The van der Waals surface area contributed by atoms with Crippen molar-refractivity contribution in [2.24, 2.45) is 0 Å². The third-order valence-electron chi connectivity index (χ3n) is 3.74. The number of carbonyl (C=O) groups is 3. The Bertz CT molecular complexity index is 785. The number of hydrogen-bond donors (Lipinski definition) is 3. The number of halogens is 3. The first-order valence-electron chi connectivity index (χ1n) is 7.61. The van der Waals surface area contributed by atoms with Crippen molar-refractivity contribution in [2.75, 3.05) is 11.9 Å². The highest BCUT2D eigenvalue weighted by Crippen LogP contribution is 2.34. The second-order valence-electron chi connectivity index (χ2n) is 5.49. The fourth-order valence-electron chi connectivity index (χ4n) is 2.57. The van der Waals surface area contributed by atoms with Crippen LogP contribution in [0, 0.1) is 11.6 Å². The lowest BCUT2D eigenvalue weighted by Gasteiger charge is -2.35. The number of carboxylic acids is 1. The number of amides is 4. The molecule has 1 atom stereocenters. The minimum atomic E-state index is -1.40. The summed E-state index contributed by atoms with van der Waals surface area (Å²) < 4.78 is 26.9. The molecule has 0 spiro atoms. The number of nitrogens with zero attached hydrogens (tertiary/aromatic N) is 1. The van der Waals surface area contributed by atoms with Gasteiger partial charge in [0.1, 0.15) is 6.04 Å². The highest BCUT2D eigenvalue weighted by atomic mass is 79.9. The first-order chi connectivity index (χ1) is 12.3. The minimum absolute atomic E-state index is 0.0155. The lowest BCUT2D eigenvalue weighted by Crippen LogP contribution is -2.54. The molecule has 0 radical (unpaired) electrons. The van der Waals surface area contributed by atoms with E-state index in [1.54, 1.807) is 0 Å². The van der Waals surface area contributed by atoms with Gasteiger partial charge in [-0.15, -0.1) is 0 Å². The number of aliphatic carboxylic acids is 1. The van der Waals surface area contributed by atoms with Crippen LogP contribution in [0.25, 0.3) is 0 Å². The molecule has 1 aliphatic heterocycles. The Balaban J connectivity index is 2.52. The topological polar surface area (TPSA) is 98.7 Å². The SMILES string of the molecule is CC1=C(C(=O)O)C(c2ccc(F)c(F)c2)N(C(=O)NCCCBr)C(=O)N1. The monoisotopic (exact) mass is 431 g/mol. The molecule has 10 heteroatoms. The van der Waals surface area contributed by atoms with Gasteiger partial charge >= 0.3 is 18.0 Å². The van der Waals surface area contributed by atoms with Crippen LogP contribution in [0.2, 0.25) is 0 Å². The molecule has 140 valence electrons. The maximum Gasteiger partial charge on any atom is 0.335 e.